The summed E-state index contributed by atoms with van der Waals surface area (Å²) in [5.41, 5.74) is 1.35. The van der Waals surface area contributed by atoms with Gasteiger partial charge in [0, 0.05) is 18.4 Å². The van der Waals surface area contributed by atoms with Crippen LogP contribution in [0.1, 0.15) is 17.8 Å². The second-order valence-corrected chi connectivity index (χ2v) is 6.72. The third-order valence-electron chi connectivity index (χ3n) is 4.19. The number of anilines is 2. The van der Waals surface area contributed by atoms with Gasteiger partial charge in [0.2, 0.25) is 11.9 Å². The van der Waals surface area contributed by atoms with E-state index in [-0.39, 0.29) is 22.8 Å². The van der Waals surface area contributed by atoms with Crippen molar-refractivity contribution in [2.75, 3.05) is 17.0 Å². The van der Waals surface area contributed by atoms with Crippen LogP contribution in [0.3, 0.4) is 0 Å². The highest BCUT2D eigenvalue weighted by Gasteiger charge is 2.41. The Hall–Kier alpha value is -2.95. The molecule has 12 heteroatoms. The fourth-order valence-corrected chi connectivity index (χ4v) is 2.94. The fraction of sp³-hybridized carbons (Fsp3) is 0.294. The lowest BCUT2D eigenvalue weighted by Crippen LogP contribution is -2.48. The second kappa shape index (κ2) is 7.47. The van der Waals surface area contributed by atoms with Gasteiger partial charge in [-0.05, 0) is 31.2 Å². The van der Waals surface area contributed by atoms with Gasteiger partial charge in [-0.2, -0.15) is 13.2 Å². The van der Waals surface area contributed by atoms with Gasteiger partial charge in [0.15, 0.2) is 0 Å². The number of amides is 2. The Labute approximate surface area is 167 Å². The zero-order valence-electron chi connectivity index (χ0n) is 15.1. The highest BCUT2D eigenvalue weighted by molar-refractivity contribution is 6.31. The Kier molecular flexibility index (Phi) is 5.35. The van der Waals surface area contributed by atoms with E-state index in [2.05, 4.69) is 15.4 Å². The molecule has 2 heterocycles. The molecule has 1 saturated heterocycles. The molecule has 1 aliphatic heterocycles. The number of carbonyl (C=O) groups is 2. The van der Waals surface area contributed by atoms with E-state index in [1.54, 1.807) is 0 Å². The van der Waals surface area contributed by atoms with Gasteiger partial charge in [-0.15, -0.1) is 0 Å². The van der Waals surface area contributed by atoms with Gasteiger partial charge in [-0.25, -0.2) is 19.4 Å². The number of aromatic nitrogens is 2. The lowest BCUT2D eigenvalue weighted by molar-refractivity contribution is -0.141. The molecule has 1 aromatic heterocycles. The highest BCUT2D eigenvalue weighted by atomic mass is 35.5. The van der Waals surface area contributed by atoms with Crippen LogP contribution in [-0.2, 0) is 15.8 Å². The molecule has 1 N–H and O–H groups in total. The van der Waals surface area contributed by atoms with E-state index in [1.165, 1.54) is 26.1 Å². The highest BCUT2D eigenvalue weighted by Crippen LogP contribution is 2.30. The smallest absolute Gasteiger partial charge is 0.314 e. The van der Waals surface area contributed by atoms with Crippen LogP contribution in [0.25, 0.3) is 0 Å². The van der Waals surface area contributed by atoms with E-state index in [9.17, 15) is 27.2 Å². The van der Waals surface area contributed by atoms with Crippen molar-refractivity contribution in [1.29, 1.82) is 0 Å². The molecule has 2 aromatic rings. The molecule has 2 amide bonds. The molecule has 0 radical (unpaired) electrons. The van der Waals surface area contributed by atoms with Crippen molar-refractivity contribution in [3.63, 3.8) is 0 Å². The average Bonchev–Trinajstić information content (AvgIpc) is 3.03. The Morgan fingerprint density at radius 3 is 2.62 bits per heavy atom. The normalized spacial score (nSPS) is 16.7. The minimum atomic E-state index is -4.73. The van der Waals surface area contributed by atoms with Crippen molar-refractivity contribution in [3.05, 3.63) is 46.5 Å². The van der Waals surface area contributed by atoms with Crippen LogP contribution in [0.2, 0.25) is 5.02 Å². The number of aryl methyl sites for hydroxylation is 1. The van der Waals surface area contributed by atoms with Crippen LogP contribution in [-0.4, -0.2) is 34.9 Å². The van der Waals surface area contributed by atoms with Gasteiger partial charge in [-0.3, -0.25) is 15.0 Å². The quantitative estimate of drug-likeness (QED) is 0.756. The number of hydrazine groups is 1. The van der Waals surface area contributed by atoms with Gasteiger partial charge < -0.3 is 4.90 Å². The molecule has 154 valence electrons. The van der Waals surface area contributed by atoms with E-state index >= 15 is 0 Å². The number of rotatable bonds is 3. The van der Waals surface area contributed by atoms with Crippen molar-refractivity contribution >= 4 is 35.1 Å². The molecule has 1 unspecified atom stereocenters. The van der Waals surface area contributed by atoms with Crippen molar-refractivity contribution in [2.45, 2.75) is 25.6 Å². The minimum absolute atomic E-state index is 0.00773. The van der Waals surface area contributed by atoms with Gasteiger partial charge in [0.25, 0.3) is 5.91 Å². The minimum Gasteiger partial charge on any atom is -0.314 e. The number of likely N-dealkylation sites (N-methyl/N-ethyl adjacent to an activating group) is 1. The van der Waals surface area contributed by atoms with Gasteiger partial charge >= 0.3 is 6.18 Å². The molecule has 0 bridgehead atoms. The molecule has 3 rings (SSSR count). The average molecular weight is 432 g/mol. The molecule has 1 atom stereocenters. The molecule has 1 aromatic carbocycles. The Morgan fingerprint density at radius 1 is 1.31 bits per heavy atom. The maximum absolute atomic E-state index is 13.4. The molecular weight excluding hydrogens is 418 g/mol. The predicted octanol–water partition coefficient (Wildman–Crippen LogP) is 2.87. The van der Waals surface area contributed by atoms with Crippen LogP contribution in [0, 0.1) is 12.7 Å². The first kappa shape index (κ1) is 20.8. The summed E-state index contributed by atoms with van der Waals surface area (Å²) in [6.07, 6.45) is -5.05. The maximum Gasteiger partial charge on any atom is 0.433 e. The topological polar surface area (TPSA) is 78.4 Å². The molecule has 1 aliphatic rings. The summed E-state index contributed by atoms with van der Waals surface area (Å²) < 4.78 is 52.6. The molecule has 0 spiro atoms. The van der Waals surface area contributed by atoms with Crippen molar-refractivity contribution in [1.82, 2.24) is 15.4 Å². The number of carbonyl (C=O) groups excluding carboxylic acids is 2. The Morgan fingerprint density at radius 2 is 2.00 bits per heavy atom. The molecule has 0 saturated carbocycles. The molecule has 0 aliphatic carbocycles. The Bertz CT molecular complexity index is 985. The number of alkyl halides is 3. The number of halogens is 5. The van der Waals surface area contributed by atoms with Crippen LogP contribution < -0.4 is 15.3 Å². The van der Waals surface area contributed by atoms with Gasteiger partial charge in [0.1, 0.15) is 17.6 Å². The summed E-state index contributed by atoms with van der Waals surface area (Å²) >= 11 is 5.73. The van der Waals surface area contributed by atoms with Crippen molar-refractivity contribution < 1.29 is 27.2 Å². The lowest BCUT2D eigenvalue weighted by atomic mass is 10.1. The summed E-state index contributed by atoms with van der Waals surface area (Å²) in [5.74, 6) is -2.38. The van der Waals surface area contributed by atoms with Crippen LogP contribution >= 0.6 is 11.6 Å². The number of hydrogen-bond donors (Lipinski definition) is 1. The van der Waals surface area contributed by atoms with Crippen molar-refractivity contribution in [3.8, 4) is 0 Å². The van der Waals surface area contributed by atoms with Gasteiger partial charge in [-0.1, -0.05) is 11.6 Å². The van der Waals surface area contributed by atoms with Crippen molar-refractivity contribution in [2.24, 2.45) is 0 Å². The predicted molar refractivity (Wildman–Crippen MR) is 95.6 cm³/mol. The number of nitrogens with one attached hydrogen (secondary N) is 1. The Balaban J connectivity index is 1.94. The molecule has 1 fully saturated rings. The van der Waals surface area contributed by atoms with E-state index in [0.717, 1.165) is 22.0 Å². The first-order valence-corrected chi connectivity index (χ1v) is 8.59. The molecular formula is C17H14ClF4N5O2. The summed E-state index contributed by atoms with van der Waals surface area (Å²) in [7, 11) is 1.37. The third kappa shape index (κ3) is 4.24. The SMILES string of the molecule is Cc1cc(C(F)(F)F)nc(N2NC(=O)CC2C(=O)N(C)c2ccc(F)c(Cl)c2)n1. The monoisotopic (exact) mass is 431 g/mol. The zero-order chi connectivity index (χ0) is 21.5. The van der Waals surface area contributed by atoms with E-state index < -0.39 is 41.5 Å². The maximum atomic E-state index is 13.4. The number of nitrogens with zero attached hydrogens (tertiary/aromatic N) is 4. The lowest BCUT2D eigenvalue weighted by Gasteiger charge is -2.27. The third-order valence-corrected chi connectivity index (χ3v) is 4.48. The zero-order valence-corrected chi connectivity index (χ0v) is 15.8. The van der Waals surface area contributed by atoms with Crippen LogP contribution in [0.5, 0.6) is 0 Å². The summed E-state index contributed by atoms with van der Waals surface area (Å²) in [4.78, 5) is 33.3. The van der Waals surface area contributed by atoms with E-state index in [0.29, 0.717) is 0 Å². The first-order valence-electron chi connectivity index (χ1n) is 8.21. The molecule has 29 heavy (non-hydrogen) atoms. The van der Waals surface area contributed by atoms with Crippen LogP contribution in [0.15, 0.2) is 24.3 Å². The number of hydrogen-bond acceptors (Lipinski definition) is 5. The number of benzene rings is 1. The molecule has 7 nitrogen and oxygen atoms in total. The van der Waals surface area contributed by atoms with Crippen LogP contribution in [0.4, 0.5) is 29.2 Å². The van der Waals surface area contributed by atoms with Gasteiger partial charge in [0.05, 0.1) is 11.4 Å². The van der Waals surface area contributed by atoms with E-state index in [4.69, 9.17) is 11.6 Å². The summed E-state index contributed by atoms with van der Waals surface area (Å²) in [6.45, 7) is 1.34. The first-order chi connectivity index (χ1) is 13.5. The largest absolute Gasteiger partial charge is 0.433 e. The van der Waals surface area contributed by atoms with E-state index in [1.807, 2.05) is 0 Å². The summed E-state index contributed by atoms with van der Waals surface area (Å²) in [5, 5.41) is 0.686. The summed E-state index contributed by atoms with van der Waals surface area (Å²) in [6, 6.07) is 3.13. The fourth-order valence-electron chi connectivity index (χ4n) is 2.76. The second-order valence-electron chi connectivity index (χ2n) is 6.31. The standard InChI is InChI=1S/C17H14ClF4N5O2/c1-8-5-13(17(20,21)22)24-16(23-8)27-12(7-14(28)25-27)15(29)26(2)9-3-4-11(19)10(18)6-9/h3-6,12H,7H2,1-2H3,(H,25,28).